The summed E-state index contributed by atoms with van der Waals surface area (Å²) < 4.78 is 5.62. The van der Waals surface area contributed by atoms with Crippen molar-refractivity contribution in [2.45, 2.75) is 59.0 Å². The molecule has 1 saturated heterocycles. The van der Waals surface area contributed by atoms with Gasteiger partial charge in [-0.25, -0.2) is 4.98 Å². The molecule has 0 atom stereocenters. The van der Waals surface area contributed by atoms with Crippen LogP contribution in [0.2, 0.25) is 0 Å². The van der Waals surface area contributed by atoms with Gasteiger partial charge >= 0.3 is 0 Å². The largest absolute Gasteiger partial charge is 0.377 e. The van der Waals surface area contributed by atoms with Crippen LogP contribution in [0.4, 0.5) is 5.13 Å². The highest BCUT2D eigenvalue weighted by Crippen LogP contribution is 2.35. The number of anilines is 1. The normalized spacial score (nSPS) is 18.5. The standard InChI is InChI=1S/C16H29N3OS/c1-6-7-17-10-13-14(12(2)3)18-15(21-13)19-8-9-20-11-16(19,4)5/h12,17H,6-11H2,1-5H3. The number of hydrogen-bond acceptors (Lipinski definition) is 5. The van der Waals surface area contributed by atoms with Crippen LogP contribution in [0.3, 0.4) is 0 Å². The topological polar surface area (TPSA) is 37.4 Å². The summed E-state index contributed by atoms with van der Waals surface area (Å²) in [5.74, 6) is 0.470. The van der Waals surface area contributed by atoms with Gasteiger partial charge in [0.1, 0.15) is 0 Å². The molecular weight excluding hydrogens is 282 g/mol. The number of thiazole rings is 1. The Morgan fingerprint density at radius 2 is 2.19 bits per heavy atom. The number of hydrogen-bond donors (Lipinski definition) is 1. The smallest absolute Gasteiger partial charge is 0.186 e. The molecule has 2 heterocycles. The molecule has 0 spiro atoms. The zero-order valence-electron chi connectivity index (χ0n) is 14.0. The van der Waals surface area contributed by atoms with Gasteiger partial charge in [0.25, 0.3) is 0 Å². The third-order valence-electron chi connectivity index (χ3n) is 3.85. The first-order chi connectivity index (χ1) is 9.95. The van der Waals surface area contributed by atoms with Crippen LogP contribution < -0.4 is 10.2 Å². The quantitative estimate of drug-likeness (QED) is 0.817. The first kappa shape index (κ1) is 16.7. The van der Waals surface area contributed by atoms with Crippen molar-refractivity contribution in [2.75, 3.05) is 31.2 Å². The van der Waals surface area contributed by atoms with E-state index in [0.29, 0.717) is 5.92 Å². The lowest BCUT2D eigenvalue weighted by atomic mass is 10.0. The third-order valence-corrected chi connectivity index (χ3v) is 4.95. The van der Waals surface area contributed by atoms with Gasteiger partial charge in [0.05, 0.1) is 24.4 Å². The molecule has 1 aliphatic heterocycles. The van der Waals surface area contributed by atoms with Crippen molar-refractivity contribution in [1.82, 2.24) is 10.3 Å². The Kier molecular flexibility index (Phi) is 5.63. The van der Waals surface area contributed by atoms with E-state index in [1.807, 2.05) is 11.3 Å². The van der Waals surface area contributed by atoms with Gasteiger partial charge in [0.2, 0.25) is 0 Å². The van der Waals surface area contributed by atoms with Gasteiger partial charge in [-0.05, 0) is 32.7 Å². The maximum absolute atomic E-state index is 5.62. The summed E-state index contributed by atoms with van der Waals surface area (Å²) in [6, 6.07) is 0. The maximum atomic E-state index is 5.62. The average molecular weight is 311 g/mol. The summed E-state index contributed by atoms with van der Waals surface area (Å²) in [7, 11) is 0. The van der Waals surface area contributed by atoms with E-state index in [1.165, 1.54) is 17.0 Å². The number of morpholine rings is 1. The molecule has 4 nitrogen and oxygen atoms in total. The second-order valence-corrected chi connectivity index (χ2v) is 7.72. The minimum Gasteiger partial charge on any atom is -0.377 e. The highest BCUT2D eigenvalue weighted by atomic mass is 32.1. The highest BCUT2D eigenvalue weighted by Gasteiger charge is 2.33. The number of ether oxygens (including phenoxy) is 1. The zero-order valence-corrected chi connectivity index (χ0v) is 14.8. The molecule has 0 radical (unpaired) electrons. The Bertz CT molecular complexity index is 456. The predicted molar refractivity (Wildman–Crippen MR) is 90.4 cm³/mol. The predicted octanol–water partition coefficient (Wildman–Crippen LogP) is 3.38. The van der Waals surface area contributed by atoms with Crippen molar-refractivity contribution >= 4 is 16.5 Å². The van der Waals surface area contributed by atoms with E-state index in [1.54, 1.807) is 0 Å². The summed E-state index contributed by atoms with van der Waals surface area (Å²) in [4.78, 5) is 8.75. The van der Waals surface area contributed by atoms with Gasteiger partial charge in [0.15, 0.2) is 5.13 Å². The summed E-state index contributed by atoms with van der Waals surface area (Å²) in [5.41, 5.74) is 1.28. The van der Waals surface area contributed by atoms with Gasteiger partial charge in [-0.15, -0.1) is 11.3 Å². The third kappa shape index (κ3) is 3.96. The maximum Gasteiger partial charge on any atom is 0.186 e. The Morgan fingerprint density at radius 3 is 2.81 bits per heavy atom. The van der Waals surface area contributed by atoms with Gasteiger partial charge < -0.3 is 15.0 Å². The molecule has 21 heavy (non-hydrogen) atoms. The van der Waals surface area contributed by atoms with Crippen molar-refractivity contribution in [2.24, 2.45) is 0 Å². The van der Waals surface area contributed by atoms with Gasteiger partial charge in [0, 0.05) is 18.0 Å². The second-order valence-electron chi connectivity index (χ2n) is 6.65. The molecule has 1 aromatic heterocycles. The van der Waals surface area contributed by atoms with E-state index in [0.717, 1.165) is 38.0 Å². The van der Waals surface area contributed by atoms with Crippen LogP contribution in [0, 0.1) is 0 Å². The fourth-order valence-electron chi connectivity index (χ4n) is 2.64. The van der Waals surface area contributed by atoms with Gasteiger partial charge in [-0.3, -0.25) is 0 Å². The van der Waals surface area contributed by atoms with Crippen molar-refractivity contribution < 1.29 is 4.74 Å². The molecule has 1 aliphatic rings. The zero-order chi connectivity index (χ0) is 15.5. The monoisotopic (exact) mass is 311 g/mol. The van der Waals surface area contributed by atoms with Crippen LogP contribution in [-0.2, 0) is 11.3 Å². The molecule has 1 fully saturated rings. The van der Waals surface area contributed by atoms with Crippen molar-refractivity contribution in [3.63, 3.8) is 0 Å². The highest BCUT2D eigenvalue weighted by molar-refractivity contribution is 7.15. The van der Waals surface area contributed by atoms with Crippen LogP contribution >= 0.6 is 11.3 Å². The van der Waals surface area contributed by atoms with Gasteiger partial charge in [-0.2, -0.15) is 0 Å². The molecule has 0 aliphatic carbocycles. The van der Waals surface area contributed by atoms with E-state index >= 15 is 0 Å². The minimum absolute atomic E-state index is 0.0263. The van der Waals surface area contributed by atoms with E-state index in [4.69, 9.17) is 9.72 Å². The molecule has 0 saturated carbocycles. The molecule has 0 bridgehead atoms. The molecule has 5 heteroatoms. The Labute approximate surface area is 132 Å². The first-order valence-electron chi connectivity index (χ1n) is 8.01. The van der Waals surface area contributed by atoms with E-state index in [9.17, 15) is 0 Å². The van der Waals surface area contributed by atoms with E-state index < -0.39 is 0 Å². The summed E-state index contributed by atoms with van der Waals surface area (Å²) in [6.07, 6.45) is 1.17. The first-order valence-corrected chi connectivity index (χ1v) is 8.83. The van der Waals surface area contributed by atoms with Crippen molar-refractivity contribution in [3.05, 3.63) is 10.6 Å². The van der Waals surface area contributed by atoms with Crippen molar-refractivity contribution in [1.29, 1.82) is 0 Å². The van der Waals surface area contributed by atoms with E-state index in [2.05, 4.69) is 44.8 Å². The second kappa shape index (κ2) is 7.07. The average Bonchev–Trinajstić information content (AvgIpc) is 2.82. The number of nitrogens with zero attached hydrogens (tertiary/aromatic N) is 2. The van der Waals surface area contributed by atoms with Crippen LogP contribution in [-0.4, -0.2) is 36.8 Å². The minimum atomic E-state index is 0.0263. The molecule has 0 aromatic carbocycles. The molecule has 0 unspecified atom stereocenters. The fraction of sp³-hybridized carbons (Fsp3) is 0.812. The van der Waals surface area contributed by atoms with Crippen LogP contribution in [0.5, 0.6) is 0 Å². The molecule has 120 valence electrons. The molecule has 0 amide bonds. The Balaban J connectivity index is 2.21. The fourth-order valence-corrected chi connectivity index (χ4v) is 4.01. The van der Waals surface area contributed by atoms with Gasteiger partial charge in [-0.1, -0.05) is 20.8 Å². The molecule has 2 rings (SSSR count). The summed E-state index contributed by atoms with van der Waals surface area (Å²) in [6.45, 7) is 15.6. The summed E-state index contributed by atoms with van der Waals surface area (Å²) in [5, 5.41) is 4.66. The van der Waals surface area contributed by atoms with E-state index in [-0.39, 0.29) is 5.54 Å². The van der Waals surface area contributed by atoms with Crippen LogP contribution in [0.25, 0.3) is 0 Å². The Hall–Kier alpha value is -0.650. The lowest BCUT2D eigenvalue weighted by Crippen LogP contribution is -2.53. The lowest BCUT2D eigenvalue weighted by Gasteiger charge is -2.42. The lowest BCUT2D eigenvalue weighted by molar-refractivity contribution is 0.0643. The molecule has 1 aromatic rings. The number of aromatic nitrogens is 1. The SMILES string of the molecule is CCCNCc1sc(N2CCOCC2(C)C)nc1C(C)C. The number of rotatable bonds is 6. The van der Waals surface area contributed by atoms with Crippen LogP contribution in [0.15, 0.2) is 0 Å². The molecule has 1 N–H and O–H groups in total. The Morgan fingerprint density at radius 1 is 1.43 bits per heavy atom. The van der Waals surface area contributed by atoms with Crippen LogP contribution in [0.1, 0.15) is 57.5 Å². The molecular formula is C16H29N3OS. The number of nitrogens with one attached hydrogen (secondary N) is 1. The van der Waals surface area contributed by atoms with Crippen molar-refractivity contribution in [3.8, 4) is 0 Å². The summed E-state index contributed by atoms with van der Waals surface area (Å²) >= 11 is 1.84.